The smallest absolute Gasteiger partial charge is 0.134 e. The molecule has 0 aliphatic carbocycles. The van der Waals surface area contributed by atoms with Gasteiger partial charge in [-0.25, -0.2) is 9.97 Å². The maximum absolute atomic E-state index is 5.38. The molecule has 0 atom stereocenters. The van der Waals surface area contributed by atoms with Crippen molar-refractivity contribution in [3.05, 3.63) is 42.2 Å². The number of anilines is 2. The van der Waals surface area contributed by atoms with Gasteiger partial charge in [-0.2, -0.15) is 0 Å². The number of nitrogens with zero attached hydrogens (tertiary/aromatic N) is 3. The number of para-hydroxylation sites is 1. The van der Waals surface area contributed by atoms with Gasteiger partial charge in [-0.15, -0.1) is 0 Å². The Morgan fingerprint density at radius 2 is 2.00 bits per heavy atom. The van der Waals surface area contributed by atoms with Gasteiger partial charge in [0.05, 0.1) is 7.11 Å². The highest BCUT2D eigenvalue weighted by molar-refractivity contribution is 5.49. The van der Waals surface area contributed by atoms with Crippen molar-refractivity contribution in [2.75, 3.05) is 30.4 Å². The molecule has 5 nitrogen and oxygen atoms in total. The lowest BCUT2D eigenvalue weighted by Crippen LogP contribution is -2.33. The molecule has 1 fully saturated rings. The Kier molecular flexibility index (Phi) is 4.95. The number of aromatic nitrogens is 2. The van der Waals surface area contributed by atoms with E-state index >= 15 is 0 Å². The van der Waals surface area contributed by atoms with Gasteiger partial charge < -0.3 is 15.0 Å². The highest BCUT2D eigenvalue weighted by Gasteiger charge is 2.17. The maximum atomic E-state index is 5.38. The number of nitrogens with one attached hydrogen (secondary N) is 1. The summed E-state index contributed by atoms with van der Waals surface area (Å²) in [5.41, 5.74) is 1.11. The summed E-state index contributed by atoms with van der Waals surface area (Å²) >= 11 is 0. The second kappa shape index (κ2) is 7.31. The van der Waals surface area contributed by atoms with Crippen molar-refractivity contribution in [3.63, 3.8) is 0 Å². The van der Waals surface area contributed by atoms with Crippen LogP contribution in [0.25, 0.3) is 0 Å². The summed E-state index contributed by atoms with van der Waals surface area (Å²) in [4.78, 5) is 11.1. The van der Waals surface area contributed by atoms with Crippen LogP contribution in [0.2, 0.25) is 0 Å². The molecule has 1 aromatic heterocycles. The molecule has 3 rings (SSSR count). The monoisotopic (exact) mass is 312 g/mol. The average molecular weight is 312 g/mol. The molecule has 23 heavy (non-hydrogen) atoms. The number of piperidine rings is 1. The zero-order chi connectivity index (χ0) is 16.1. The highest BCUT2D eigenvalue weighted by Crippen LogP contribution is 2.23. The highest BCUT2D eigenvalue weighted by atomic mass is 16.5. The first-order chi connectivity index (χ1) is 11.3. The van der Waals surface area contributed by atoms with E-state index in [1.54, 1.807) is 13.4 Å². The van der Waals surface area contributed by atoms with Gasteiger partial charge >= 0.3 is 0 Å². The first-order valence-corrected chi connectivity index (χ1v) is 8.19. The predicted octanol–water partition coefficient (Wildman–Crippen LogP) is 3.33. The summed E-state index contributed by atoms with van der Waals surface area (Å²) < 4.78 is 5.38. The minimum absolute atomic E-state index is 0.678. The third kappa shape index (κ3) is 3.92. The summed E-state index contributed by atoms with van der Waals surface area (Å²) in [6.45, 7) is 5.14. The lowest BCUT2D eigenvalue weighted by atomic mass is 9.99. The summed E-state index contributed by atoms with van der Waals surface area (Å²) in [5.74, 6) is 3.56. The third-order valence-electron chi connectivity index (χ3n) is 4.41. The lowest BCUT2D eigenvalue weighted by Gasteiger charge is -2.31. The van der Waals surface area contributed by atoms with Crippen LogP contribution in [0.1, 0.15) is 25.3 Å². The average Bonchev–Trinajstić information content (AvgIpc) is 2.61. The van der Waals surface area contributed by atoms with E-state index in [2.05, 4.69) is 33.2 Å². The van der Waals surface area contributed by atoms with Crippen LogP contribution in [0.3, 0.4) is 0 Å². The van der Waals surface area contributed by atoms with Crippen LogP contribution in [0.4, 0.5) is 11.6 Å². The van der Waals surface area contributed by atoms with E-state index in [1.165, 1.54) is 12.8 Å². The number of ether oxygens (including phenoxy) is 1. The molecule has 0 unspecified atom stereocenters. The Morgan fingerprint density at radius 1 is 1.22 bits per heavy atom. The second-order valence-electron chi connectivity index (χ2n) is 6.10. The Morgan fingerprint density at radius 3 is 2.78 bits per heavy atom. The van der Waals surface area contributed by atoms with Gasteiger partial charge in [-0.1, -0.05) is 25.1 Å². The normalized spacial score (nSPS) is 15.5. The molecule has 2 aromatic rings. The van der Waals surface area contributed by atoms with E-state index < -0.39 is 0 Å². The van der Waals surface area contributed by atoms with Crippen molar-refractivity contribution in [3.8, 4) is 5.75 Å². The van der Waals surface area contributed by atoms with Crippen LogP contribution in [0.5, 0.6) is 5.75 Å². The number of benzene rings is 1. The summed E-state index contributed by atoms with van der Waals surface area (Å²) in [6.07, 6.45) is 4.10. The number of hydrogen-bond acceptors (Lipinski definition) is 5. The van der Waals surface area contributed by atoms with Gasteiger partial charge in [-0.05, 0) is 24.8 Å². The molecule has 0 radical (unpaired) electrons. The Labute approximate surface area is 137 Å². The topological polar surface area (TPSA) is 50.3 Å². The van der Waals surface area contributed by atoms with Crippen LogP contribution in [0, 0.1) is 5.92 Å². The van der Waals surface area contributed by atoms with Crippen molar-refractivity contribution in [2.24, 2.45) is 5.92 Å². The molecule has 0 saturated carbocycles. The molecule has 0 amide bonds. The SMILES string of the molecule is COc1ccccc1CNc1cc(N2CCC(C)CC2)ncn1. The standard InChI is InChI=1S/C18H24N4O/c1-14-7-9-22(10-8-14)18-11-17(20-13-21-18)19-12-15-5-3-4-6-16(15)23-2/h3-6,11,13-14H,7-10,12H2,1-2H3,(H,19,20,21). The Balaban J connectivity index is 1.66. The van der Waals surface area contributed by atoms with Gasteiger partial charge in [0.25, 0.3) is 0 Å². The van der Waals surface area contributed by atoms with Crippen molar-refractivity contribution < 1.29 is 4.74 Å². The molecular formula is C18H24N4O. The molecule has 1 aliphatic heterocycles. The maximum Gasteiger partial charge on any atom is 0.134 e. The Bertz CT molecular complexity index is 638. The van der Waals surface area contributed by atoms with Gasteiger partial charge in [0.1, 0.15) is 23.7 Å². The van der Waals surface area contributed by atoms with E-state index in [0.29, 0.717) is 6.54 Å². The van der Waals surface area contributed by atoms with E-state index in [1.807, 2.05) is 24.3 Å². The number of rotatable bonds is 5. The van der Waals surface area contributed by atoms with E-state index in [0.717, 1.165) is 42.0 Å². The quantitative estimate of drug-likeness (QED) is 0.917. The van der Waals surface area contributed by atoms with Crippen LogP contribution in [-0.2, 0) is 6.54 Å². The molecule has 5 heteroatoms. The van der Waals surface area contributed by atoms with Crippen molar-refractivity contribution in [2.45, 2.75) is 26.3 Å². The van der Waals surface area contributed by atoms with E-state index in [-0.39, 0.29) is 0 Å². The molecule has 2 heterocycles. The zero-order valence-corrected chi connectivity index (χ0v) is 13.8. The Hall–Kier alpha value is -2.30. The van der Waals surface area contributed by atoms with E-state index in [4.69, 9.17) is 4.74 Å². The van der Waals surface area contributed by atoms with E-state index in [9.17, 15) is 0 Å². The molecule has 1 saturated heterocycles. The lowest BCUT2D eigenvalue weighted by molar-refractivity contribution is 0.410. The summed E-state index contributed by atoms with van der Waals surface area (Å²) in [6, 6.07) is 10.0. The molecule has 1 aliphatic rings. The minimum atomic E-state index is 0.678. The van der Waals surface area contributed by atoms with Gasteiger partial charge in [-0.3, -0.25) is 0 Å². The van der Waals surface area contributed by atoms with Crippen LogP contribution in [0.15, 0.2) is 36.7 Å². The fraction of sp³-hybridized carbons (Fsp3) is 0.444. The van der Waals surface area contributed by atoms with Gasteiger partial charge in [0.15, 0.2) is 0 Å². The third-order valence-corrected chi connectivity index (χ3v) is 4.41. The largest absolute Gasteiger partial charge is 0.496 e. The molecule has 1 aromatic carbocycles. The summed E-state index contributed by atoms with van der Waals surface area (Å²) in [7, 11) is 1.69. The first kappa shape index (κ1) is 15.6. The first-order valence-electron chi connectivity index (χ1n) is 8.19. The molecule has 0 spiro atoms. The molecule has 122 valence electrons. The number of methoxy groups -OCH3 is 1. The molecule has 1 N–H and O–H groups in total. The fourth-order valence-corrected chi connectivity index (χ4v) is 2.89. The minimum Gasteiger partial charge on any atom is -0.496 e. The van der Waals surface area contributed by atoms with Crippen LogP contribution in [-0.4, -0.2) is 30.2 Å². The van der Waals surface area contributed by atoms with Crippen molar-refractivity contribution in [1.29, 1.82) is 0 Å². The van der Waals surface area contributed by atoms with Crippen molar-refractivity contribution in [1.82, 2.24) is 9.97 Å². The number of hydrogen-bond donors (Lipinski definition) is 1. The summed E-state index contributed by atoms with van der Waals surface area (Å²) in [5, 5.41) is 3.37. The predicted molar refractivity (Wildman–Crippen MR) is 93.0 cm³/mol. The zero-order valence-electron chi connectivity index (χ0n) is 13.8. The van der Waals surface area contributed by atoms with Crippen molar-refractivity contribution >= 4 is 11.6 Å². The molecule has 0 bridgehead atoms. The van der Waals surface area contributed by atoms with Crippen LogP contribution >= 0.6 is 0 Å². The van der Waals surface area contributed by atoms with Gasteiger partial charge in [0, 0.05) is 31.3 Å². The van der Waals surface area contributed by atoms with Crippen LogP contribution < -0.4 is 15.0 Å². The fourth-order valence-electron chi connectivity index (χ4n) is 2.89. The molecular weight excluding hydrogens is 288 g/mol. The van der Waals surface area contributed by atoms with Gasteiger partial charge in [0.2, 0.25) is 0 Å². The second-order valence-corrected chi connectivity index (χ2v) is 6.10.